The quantitative estimate of drug-likeness (QED) is 0.514. The third-order valence-corrected chi connectivity index (χ3v) is 6.11. The number of ether oxygens (including phenoxy) is 1. The molecule has 2 aliphatic heterocycles. The monoisotopic (exact) mass is 388 g/mol. The average Bonchev–Trinajstić information content (AvgIpc) is 3.28. The van der Waals surface area contributed by atoms with E-state index in [1.54, 1.807) is 29.5 Å². The van der Waals surface area contributed by atoms with Gasteiger partial charge in [-0.1, -0.05) is 6.07 Å². The number of carbonyl (C=O) groups is 1. The topological polar surface area (TPSA) is 75.6 Å². The fourth-order valence-electron chi connectivity index (χ4n) is 3.76. The van der Waals surface area contributed by atoms with E-state index in [2.05, 4.69) is 0 Å². The van der Waals surface area contributed by atoms with Crippen LogP contribution in [0.5, 0.6) is 11.5 Å². The van der Waals surface area contributed by atoms with Crippen LogP contribution in [0.3, 0.4) is 0 Å². The number of allylic oxidation sites excluding steroid dienone is 1. The van der Waals surface area contributed by atoms with Crippen molar-refractivity contribution < 1.29 is 29.5 Å². The average molecular weight is 388 g/mol. The molecule has 0 spiro atoms. The van der Waals surface area contributed by atoms with Crippen molar-refractivity contribution in [2.75, 3.05) is 39.3 Å². The number of aromatic hydroxyl groups is 1. The molecule has 2 aliphatic rings. The zero-order valence-electron chi connectivity index (χ0n) is 15.0. The number of fused-ring (bicyclic) bond motifs is 1. The third kappa shape index (κ3) is 3.77. The first-order valence-corrected chi connectivity index (χ1v) is 10.1. The van der Waals surface area contributed by atoms with E-state index in [1.807, 2.05) is 17.5 Å². The summed E-state index contributed by atoms with van der Waals surface area (Å²) < 4.78 is 5.91. The number of hydrogen-bond donors (Lipinski definition) is 4. The van der Waals surface area contributed by atoms with Crippen LogP contribution < -0.4 is 14.5 Å². The van der Waals surface area contributed by atoms with Crippen LogP contribution in [0.4, 0.5) is 0 Å². The summed E-state index contributed by atoms with van der Waals surface area (Å²) in [5, 5.41) is 21.5. The number of piperazine rings is 1. The van der Waals surface area contributed by atoms with Gasteiger partial charge in [0.1, 0.15) is 45.0 Å². The SMILES string of the molecule is O=C1/C(=C/c2cccs2)Oc2c1ccc(O)c2C[NH+]1CC[NH+](CCO)CC1. The second kappa shape index (κ2) is 7.82. The van der Waals surface area contributed by atoms with Gasteiger partial charge in [0.05, 0.1) is 17.7 Å². The summed E-state index contributed by atoms with van der Waals surface area (Å²) in [7, 11) is 0. The second-order valence-corrected chi connectivity index (χ2v) is 8.02. The van der Waals surface area contributed by atoms with Crippen molar-refractivity contribution in [1.82, 2.24) is 0 Å². The van der Waals surface area contributed by atoms with Crippen molar-refractivity contribution in [3.8, 4) is 11.5 Å². The van der Waals surface area contributed by atoms with E-state index in [1.165, 1.54) is 9.80 Å². The van der Waals surface area contributed by atoms with Crippen LogP contribution in [0.1, 0.15) is 20.8 Å². The number of phenolic OH excluding ortho intramolecular Hbond substituents is 1. The summed E-state index contributed by atoms with van der Waals surface area (Å²) in [6.45, 7) is 5.54. The predicted octanol–water partition coefficient (Wildman–Crippen LogP) is -0.654. The number of carbonyl (C=O) groups excluding carboxylic acids is 1. The third-order valence-electron chi connectivity index (χ3n) is 5.29. The van der Waals surface area contributed by atoms with Crippen LogP contribution in [-0.4, -0.2) is 55.3 Å². The molecular formula is C20H24N2O4S+2. The molecule has 0 saturated carbocycles. The van der Waals surface area contributed by atoms with Gasteiger partial charge in [-0.2, -0.15) is 0 Å². The normalized spacial score (nSPS) is 23.4. The minimum Gasteiger partial charge on any atom is -0.507 e. The molecule has 1 saturated heterocycles. The van der Waals surface area contributed by atoms with Crippen LogP contribution in [0.25, 0.3) is 6.08 Å². The maximum atomic E-state index is 12.7. The highest BCUT2D eigenvalue weighted by Gasteiger charge is 2.33. The Labute approximate surface area is 161 Å². The molecule has 1 fully saturated rings. The van der Waals surface area contributed by atoms with Crippen LogP contribution in [0.15, 0.2) is 35.4 Å². The summed E-state index contributed by atoms with van der Waals surface area (Å²) in [4.78, 5) is 16.4. The first-order valence-electron chi connectivity index (χ1n) is 9.26. The molecule has 6 nitrogen and oxygen atoms in total. The number of aliphatic hydroxyl groups excluding tert-OH is 1. The summed E-state index contributed by atoms with van der Waals surface area (Å²) in [6.07, 6.45) is 1.76. The number of nitrogens with one attached hydrogen (secondary N) is 2. The van der Waals surface area contributed by atoms with Crippen molar-refractivity contribution in [3.63, 3.8) is 0 Å². The highest BCUT2D eigenvalue weighted by atomic mass is 32.1. The van der Waals surface area contributed by atoms with Gasteiger partial charge in [0.15, 0.2) is 11.5 Å². The number of thiophene rings is 1. The van der Waals surface area contributed by atoms with Crippen LogP contribution >= 0.6 is 11.3 Å². The number of Topliss-reactive ketones (excluding diaryl/α,β-unsaturated/α-hetero) is 1. The fourth-order valence-corrected chi connectivity index (χ4v) is 4.41. The molecule has 3 heterocycles. The smallest absolute Gasteiger partial charge is 0.232 e. The Hall–Kier alpha value is -2.19. The maximum absolute atomic E-state index is 12.7. The molecule has 0 aliphatic carbocycles. The van der Waals surface area contributed by atoms with Gasteiger partial charge < -0.3 is 24.7 Å². The van der Waals surface area contributed by atoms with E-state index in [0.717, 1.165) is 37.6 Å². The van der Waals surface area contributed by atoms with Crippen molar-refractivity contribution >= 4 is 23.2 Å². The molecule has 0 amide bonds. The molecule has 2 aromatic rings. The van der Waals surface area contributed by atoms with E-state index in [9.17, 15) is 9.90 Å². The van der Waals surface area contributed by atoms with Crippen LogP contribution in [0.2, 0.25) is 0 Å². The van der Waals surface area contributed by atoms with Crippen molar-refractivity contribution in [2.45, 2.75) is 6.54 Å². The van der Waals surface area contributed by atoms with Crippen LogP contribution in [-0.2, 0) is 6.54 Å². The Balaban J connectivity index is 1.54. The van der Waals surface area contributed by atoms with Gasteiger partial charge in [0.25, 0.3) is 0 Å². The van der Waals surface area contributed by atoms with Gasteiger partial charge in [-0.25, -0.2) is 0 Å². The lowest BCUT2D eigenvalue weighted by Gasteiger charge is -2.29. The molecule has 1 aromatic heterocycles. The Morgan fingerprint density at radius 3 is 2.63 bits per heavy atom. The van der Waals surface area contributed by atoms with E-state index in [-0.39, 0.29) is 18.1 Å². The highest BCUT2D eigenvalue weighted by molar-refractivity contribution is 7.10. The molecule has 4 N–H and O–H groups in total. The highest BCUT2D eigenvalue weighted by Crippen LogP contribution is 2.39. The predicted molar refractivity (Wildman–Crippen MR) is 102 cm³/mol. The van der Waals surface area contributed by atoms with Crippen LogP contribution in [0, 0.1) is 0 Å². The number of rotatable bonds is 5. The Morgan fingerprint density at radius 1 is 1.15 bits per heavy atom. The largest absolute Gasteiger partial charge is 0.507 e. The second-order valence-electron chi connectivity index (χ2n) is 7.05. The number of ketones is 1. The van der Waals surface area contributed by atoms with Gasteiger partial charge in [0.2, 0.25) is 5.78 Å². The first kappa shape index (κ1) is 18.2. The standard InChI is InChI=1S/C20H22N2O4S/c23-10-9-21-5-7-22(8-6-21)13-16-17(24)4-3-15-19(25)18(26-20(15)16)12-14-2-1-11-27-14/h1-4,11-12,23-24H,5-10,13H2/p+2/b18-12-. The lowest BCUT2D eigenvalue weighted by Crippen LogP contribution is -3.27. The van der Waals surface area contributed by atoms with E-state index >= 15 is 0 Å². The van der Waals surface area contributed by atoms with Gasteiger partial charge in [0, 0.05) is 11.0 Å². The molecule has 1 aromatic carbocycles. The molecule has 0 bridgehead atoms. The minimum atomic E-state index is -0.133. The van der Waals surface area contributed by atoms with E-state index in [4.69, 9.17) is 9.84 Å². The maximum Gasteiger partial charge on any atom is 0.232 e. The van der Waals surface area contributed by atoms with Gasteiger partial charge in [-0.15, -0.1) is 11.3 Å². The number of hydrogen-bond acceptors (Lipinski definition) is 5. The summed E-state index contributed by atoms with van der Waals surface area (Å²) in [5.74, 6) is 0.857. The molecule has 142 valence electrons. The molecule has 0 unspecified atom stereocenters. The molecule has 7 heteroatoms. The number of benzene rings is 1. The van der Waals surface area contributed by atoms with Crippen molar-refractivity contribution in [3.05, 3.63) is 51.4 Å². The molecule has 4 rings (SSSR count). The number of phenols is 1. The summed E-state index contributed by atoms with van der Waals surface area (Å²) in [6, 6.07) is 7.11. The molecule has 27 heavy (non-hydrogen) atoms. The van der Waals surface area contributed by atoms with Gasteiger partial charge >= 0.3 is 0 Å². The minimum absolute atomic E-state index is 0.133. The van der Waals surface area contributed by atoms with E-state index < -0.39 is 0 Å². The Morgan fingerprint density at radius 2 is 1.93 bits per heavy atom. The zero-order chi connectivity index (χ0) is 18.8. The summed E-state index contributed by atoms with van der Waals surface area (Å²) >= 11 is 1.55. The van der Waals surface area contributed by atoms with Crippen molar-refractivity contribution in [2.24, 2.45) is 0 Å². The van der Waals surface area contributed by atoms with Gasteiger partial charge in [-0.05, 0) is 23.6 Å². The number of aliphatic hydroxyl groups is 1. The lowest BCUT2D eigenvalue weighted by molar-refractivity contribution is -1.02. The molecule has 0 radical (unpaired) electrons. The Bertz CT molecular complexity index is 855. The van der Waals surface area contributed by atoms with Gasteiger partial charge in [-0.3, -0.25) is 4.79 Å². The molecule has 0 atom stereocenters. The Kier molecular flexibility index (Phi) is 5.27. The fraction of sp³-hybridized carbons (Fsp3) is 0.350. The lowest BCUT2D eigenvalue weighted by atomic mass is 10.0. The van der Waals surface area contributed by atoms with E-state index in [0.29, 0.717) is 29.2 Å². The summed E-state index contributed by atoms with van der Waals surface area (Å²) in [5.41, 5.74) is 1.23. The number of quaternary nitrogens is 2. The molecular weight excluding hydrogens is 364 g/mol. The first-order chi connectivity index (χ1) is 13.2. The zero-order valence-corrected chi connectivity index (χ0v) is 15.8. The van der Waals surface area contributed by atoms with Crippen molar-refractivity contribution in [1.29, 1.82) is 0 Å².